The maximum Gasteiger partial charge on any atom is 0.299 e. The summed E-state index contributed by atoms with van der Waals surface area (Å²) in [5.41, 5.74) is 1.45. The molecule has 0 saturated heterocycles. The number of fused-ring (bicyclic) bond motifs is 1. The smallest absolute Gasteiger partial charge is 0.285 e. The van der Waals surface area contributed by atoms with Gasteiger partial charge in [-0.15, -0.1) is 0 Å². The highest BCUT2D eigenvalue weighted by Crippen LogP contribution is 2.16. The first-order valence-electron chi connectivity index (χ1n) is 4.66. The maximum atomic E-state index is 11.4. The SMILES string of the molecule is CCc1ccc2c(c1)C(=O)NC(=O)C2=O. The molecular weight excluding hydrogens is 194 g/mol. The topological polar surface area (TPSA) is 63.2 Å². The van der Waals surface area contributed by atoms with Crippen LogP contribution in [0.5, 0.6) is 0 Å². The van der Waals surface area contributed by atoms with Crippen LogP contribution < -0.4 is 5.32 Å². The van der Waals surface area contributed by atoms with Gasteiger partial charge in [-0.2, -0.15) is 0 Å². The Bertz CT molecular complexity index is 477. The van der Waals surface area contributed by atoms with Crippen LogP contribution >= 0.6 is 0 Å². The second-order valence-electron chi connectivity index (χ2n) is 3.35. The third-order valence-electron chi connectivity index (χ3n) is 2.41. The van der Waals surface area contributed by atoms with Crippen LogP contribution in [0.25, 0.3) is 0 Å². The van der Waals surface area contributed by atoms with Crippen molar-refractivity contribution in [3.63, 3.8) is 0 Å². The Balaban J connectivity index is 2.60. The first-order valence-corrected chi connectivity index (χ1v) is 4.66. The fraction of sp³-hybridized carbons (Fsp3) is 0.182. The van der Waals surface area contributed by atoms with Crippen molar-refractivity contribution in [3.8, 4) is 0 Å². The quantitative estimate of drug-likeness (QED) is 0.539. The van der Waals surface area contributed by atoms with Gasteiger partial charge >= 0.3 is 0 Å². The van der Waals surface area contributed by atoms with E-state index in [0.29, 0.717) is 5.56 Å². The predicted octanol–water partition coefficient (Wildman–Crippen LogP) is 0.702. The Morgan fingerprint density at radius 1 is 1.07 bits per heavy atom. The molecule has 4 heteroatoms. The highest BCUT2D eigenvalue weighted by molar-refractivity contribution is 6.49. The second kappa shape index (κ2) is 3.31. The highest BCUT2D eigenvalue weighted by atomic mass is 16.2. The van der Waals surface area contributed by atoms with Crippen LogP contribution in [0, 0.1) is 0 Å². The number of hydrogen-bond donors (Lipinski definition) is 1. The van der Waals surface area contributed by atoms with Crippen molar-refractivity contribution >= 4 is 17.6 Å². The average Bonchev–Trinajstić information content (AvgIpc) is 2.25. The lowest BCUT2D eigenvalue weighted by molar-refractivity contribution is -0.116. The molecule has 15 heavy (non-hydrogen) atoms. The van der Waals surface area contributed by atoms with E-state index in [1.54, 1.807) is 12.1 Å². The van der Waals surface area contributed by atoms with Gasteiger partial charge in [-0.25, -0.2) is 0 Å². The van der Waals surface area contributed by atoms with E-state index in [9.17, 15) is 14.4 Å². The summed E-state index contributed by atoms with van der Waals surface area (Å²) in [6, 6.07) is 4.94. The minimum Gasteiger partial charge on any atom is -0.285 e. The van der Waals surface area contributed by atoms with Gasteiger partial charge in [0.2, 0.25) is 0 Å². The van der Waals surface area contributed by atoms with Crippen LogP contribution in [0.4, 0.5) is 0 Å². The molecular formula is C11H9NO3. The standard InChI is InChI=1S/C11H9NO3/c1-2-6-3-4-7-8(5-6)10(14)12-11(15)9(7)13/h3-5H,2H2,1H3,(H,12,14,15). The normalized spacial score (nSPS) is 14.9. The minimum absolute atomic E-state index is 0.195. The zero-order valence-electron chi connectivity index (χ0n) is 8.16. The number of Topliss-reactive ketones (excluding diaryl/α,β-unsaturated/α-hetero) is 1. The molecule has 0 fully saturated rings. The molecule has 1 aliphatic heterocycles. The summed E-state index contributed by atoms with van der Waals surface area (Å²) in [5, 5.41) is 2.01. The lowest BCUT2D eigenvalue weighted by Crippen LogP contribution is -2.42. The summed E-state index contributed by atoms with van der Waals surface area (Å²) in [4.78, 5) is 33.9. The number of imide groups is 1. The first-order chi connectivity index (χ1) is 7.13. The van der Waals surface area contributed by atoms with Crippen molar-refractivity contribution in [2.24, 2.45) is 0 Å². The van der Waals surface area contributed by atoms with Gasteiger partial charge in [0.25, 0.3) is 17.6 Å². The molecule has 1 aromatic rings. The molecule has 2 amide bonds. The summed E-state index contributed by atoms with van der Waals surface area (Å²) in [7, 11) is 0. The van der Waals surface area contributed by atoms with Crippen molar-refractivity contribution in [3.05, 3.63) is 34.9 Å². The van der Waals surface area contributed by atoms with E-state index in [2.05, 4.69) is 0 Å². The number of carbonyl (C=O) groups is 3. The van der Waals surface area contributed by atoms with Crippen molar-refractivity contribution in [2.75, 3.05) is 0 Å². The molecule has 0 spiro atoms. The molecule has 1 aromatic carbocycles. The summed E-state index contributed by atoms with van der Waals surface area (Å²) >= 11 is 0. The van der Waals surface area contributed by atoms with E-state index in [0.717, 1.165) is 12.0 Å². The van der Waals surface area contributed by atoms with Crippen LogP contribution in [0.1, 0.15) is 33.2 Å². The van der Waals surface area contributed by atoms with Crippen LogP contribution in [0.3, 0.4) is 0 Å². The molecule has 0 saturated carbocycles. The molecule has 0 aromatic heterocycles. The third-order valence-corrected chi connectivity index (χ3v) is 2.41. The van der Waals surface area contributed by atoms with Crippen molar-refractivity contribution in [2.45, 2.75) is 13.3 Å². The van der Waals surface area contributed by atoms with Gasteiger partial charge in [-0.3, -0.25) is 19.7 Å². The summed E-state index contributed by atoms with van der Waals surface area (Å²) < 4.78 is 0. The Hall–Kier alpha value is -1.97. The molecule has 0 atom stereocenters. The Labute approximate surface area is 86.3 Å². The van der Waals surface area contributed by atoms with E-state index in [1.165, 1.54) is 6.07 Å². The lowest BCUT2D eigenvalue weighted by atomic mass is 9.96. The molecule has 0 unspecified atom stereocenters. The van der Waals surface area contributed by atoms with Crippen LogP contribution in [0.2, 0.25) is 0 Å². The van der Waals surface area contributed by atoms with Crippen LogP contribution in [-0.4, -0.2) is 17.6 Å². The summed E-state index contributed by atoms with van der Waals surface area (Å²) in [6.07, 6.45) is 0.780. The van der Waals surface area contributed by atoms with E-state index in [-0.39, 0.29) is 5.56 Å². The molecule has 1 aliphatic rings. The first kappa shape index (κ1) is 9.58. The van der Waals surface area contributed by atoms with Crippen molar-refractivity contribution < 1.29 is 14.4 Å². The van der Waals surface area contributed by atoms with Gasteiger partial charge in [0, 0.05) is 5.56 Å². The zero-order valence-corrected chi connectivity index (χ0v) is 8.16. The van der Waals surface area contributed by atoms with E-state index in [4.69, 9.17) is 0 Å². The van der Waals surface area contributed by atoms with E-state index < -0.39 is 17.6 Å². The van der Waals surface area contributed by atoms with Gasteiger partial charge in [0.1, 0.15) is 0 Å². The molecule has 2 rings (SSSR count). The van der Waals surface area contributed by atoms with Crippen LogP contribution in [-0.2, 0) is 11.2 Å². The average molecular weight is 203 g/mol. The number of hydrogen-bond acceptors (Lipinski definition) is 3. The number of nitrogens with one attached hydrogen (secondary N) is 1. The fourth-order valence-electron chi connectivity index (χ4n) is 1.55. The molecule has 4 nitrogen and oxygen atoms in total. The Kier molecular flexibility index (Phi) is 2.11. The number of ketones is 1. The van der Waals surface area contributed by atoms with Gasteiger partial charge in [0.15, 0.2) is 0 Å². The second-order valence-corrected chi connectivity index (χ2v) is 3.35. The molecule has 1 heterocycles. The monoisotopic (exact) mass is 203 g/mol. The molecule has 0 aliphatic carbocycles. The Morgan fingerprint density at radius 2 is 1.80 bits per heavy atom. The van der Waals surface area contributed by atoms with Gasteiger partial charge < -0.3 is 0 Å². The third kappa shape index (κ3) is 1.44. The number of rotatable bonds is 1. The number of carbonyl (C=O) groups excluding carboxylic acids is 3. The van der Waals surface area contributed by atoms with Crippen molar-refractivity contribution in [1.29, 1.82) is 0 Å². The molecule has 1 N–H and O–H groups in total. The number of aryl methyl sites for hydroxylation is 1. The number of amides is 2. The fourth-order valence-corrected chi connectivity index (χ4v) is 1.55. The largest absolute Gasteiger partial charge is 0.299 e. The zero-order chi connectivity index (χ0) is 11.0. The lowest BCUT2D eigenvalue weighted by Gasteiger charge is -2.14. The predicted molar refractivity (Wildman–Crippen MR) is 52.6 cm³/mol. The molecule has 0 bridgehead atoms. The van der Waals surface area contributed by atoms with Gasteiger partial charge in [0.05, 0.1) is 5.56 Å². The number of benzene rings is 1. The molecule has 0 radical (unpaired) electrons. The van der Waals surface area contributed by atoms with E-state index in [1.807, 2.05) is 12.2 Å². The summed E-state index contributed by atoms with van der Waals surface area (Å²) in [5.74, 6) is -1.99. The Morgan fingerprint density at radius 3 is 2.47 bits per heavy atom. The minimum atomic E-state index is -0.850. The highest BCUT2D eigenvalue weighted by Gasteiger charge is 2.30. The van der Waals surface area contributed by atoms with Gasteiger partial charge in [-0.1, -0.05) is 13.0 Å². The van der Waals surface area contributed by atoms with Crippen LogP contribution in [0.15, 0.2) is 18.2 Å². The van der Waals surface area contributed by atoms with Gasteiger partial charge in [-0.05, 0) is 24.1 Å². The maximum absolute atomic E-state index is 11.4. The van der Waals surface area contributed by atoms with Crippen molar-refractivity contribution in [1.82, 2.24) is 5.32 Å². The summed E-state index contributed by atoms with van der Waals surface area (Å²) in [6.45, 7) is 1.95. The molecule has 76 valence electrons. The van der Waals surface area contributed by atoms with E-state index >= 15 is 0 Å².